The van der Waals surface area contributed by atoms with Crippen molar-refractivity contribution in [2.24, 2.45) is 0 Å². The van der Waals surface area contributed by atoms with E-state index in [4.69, 9.17) is 14.9 Å². The zero-order valence-corrected chi connectivity index (χ0v) is 16.8. The molecular weight excluding hydrogens is 388 g/mol. The first-order valence-corrected chi connectivity index (χ1v) is 9.04. The number of benzene rings is 3. The highest BCUT2D eigenvalue weighted by Gasteiger charge is 2.13. The molecule has 30 heavy (non-hydrogen) atoms. The van der Waals surface area contributed by atoms with E-state index < -0.39 is 23.8 Å². The molecule has 3 aromatic carbocycles. The van der Waals surface area contributed by atoms with E-state index in [0.717, 1.165) is 22.1 Å². The number of esters is 1. The van der Waals surface area contributed by atoms with Gasteiger partial charge in [0, 0.05) is 6.92 Å². The molecular formula is C23H22O7. The second kappa shape index (κ2) is 10.1. The fraction of sp³-hybridized carbons (Fsp3) is 0.174. The molecule has 3 rings (SSSR count). The van der Waals surface area contributed by atoms with Crippen molar-refractivity contribution in [2.75, 3.05) is 7.11 Å². The molecule has 7 heteroatoms. The lowest BCUT2D eigenvalue weighted by molar-refractivity contribution is -0.138. The molecule has 0 aliphatic carbocycles. The van der Waals surface area contributed by atoms with Crippen LogP contribution in [-0.4, -0.2) is 35.2 Å². The molecule has 0 bridgehead atoms. The van der Waals surface area contributed by atoms with E-state index in [0.29, 0.717) is 0 Å². The summed E-state index contributed by atoms with van der Waals surface area (Å²) in [4.78, 5) is 32.1. The molecule has 0 spiro atoms. The number of rotatable bonds is 5. The lowest BCUT2D eigenvalue weighted by Gasteiger charge is -2.08. The Hall–Kier alpha value is -3.87. The number of ether oxygens (including phenoxy) is 2. The van der Waals surface area contributed by atoms with Crippen LogP contribution in [0.1, 0.15) is 35.7 Å². The average molecular weight is 410 g/mol. The summed E-state index contributed by atoms with van der Waals surface area (Å²) in [5.74, 6) is -2.07. The maximum Gasteiger partial charge on any atom is 0.339 e. The number of para-hydroxylation sites is 1. The fourth-order valence-corrected chi connectivity index (χ4v) is 2.67. The molecule has 0 aliphatic rings. The quantitative estimate of drug-likeness (QED) is 0.475. The van der Waals surface area contributed by atoms with Crippen molar-refractivity contribution < 1.29 is 34.1 Å². The molecule has 0 saturated heterocycles. The minimum Gasteiger partial charge on any atom is -0.497 e. The second-order valence-corrected chi connectivity index (χ2v) is 6.43. The Labute approximate surface area is 173 Å². The van der Waals surface area contributed by atoms with Gasteiger partial charge in [-0.05, 0) is 47.5 Å². The number of fused-ring (bicyclic) bond motifs is 1. The topological polar surface area (TPSA) is 110 Å². The molecule has 0 amide bonds. The number of carboxylic acids is 2. The Balaban J connectivity index is 0.000000222. The highest BCUT2D eigenvalue weighted by Crippen LogP contribution is 2.25. The Bertz CT molecular complexity index is 1070. The molecule has 156 valence electrons. The smallest absolute Gasteiger partial charge is 0.339 e. The molecule has 0 radical (unpaired) electrons. The van der Waals surface area contributed by atoms with Crippen molar-refractivity contribution in [1.82, 2.24) is 0 Å². The predicted octanol–water partition coefficient (Wildman–Crippen LogP) is 4.35. The Kier molecular flexibility index (Phi) is 7.52. The maximum absolute atomic E-state index is 10.9. The number of carbonyl (C=O) groups excluding carboxylic acids is 1. The van der Waals surface area contributed by atoms with Crippen LogP contribution in [-0.2, 0) is 9.59 Å². The Morgan fingerprint density at radius 2 is 1.53 bits per heavy atom. The number of methoxy groups -OCH3 is 1. The van der Waals surface area contributed by atoms with E-state index in [1.165, 1.54) is 19.1 Å². The van der Waals surface area contributed by atoms with Gasteiger partial charge in [0.05, 0.1) is 13.0 Å². The summed E-state index contributed by atoms with van der Waals surface area (Å²) < 4.78 is 9.83. The Morgan fingerprint density at radius 3 is 2.13 bits per heavy atom. The first kappa shape index (κ1) is 22.4. The van der Waals surface area contributed by atoms with Gasteiger partial charge in [0.1, 0.15) is 17.1 Å². The molecule has 0 saturated carbocycles. The van der Waals surface area contributed by atoms with E-state index in [1.54, 1.807) is 26.2 Å². The van der Waals surface area contributed by atoms with Crippen LogP contribution in [0.4, 0.5) is 0 Å². The number of aromatic carboxylic acids is 1. The van der Waals surface area contributed by atoms with Crippen molar-refractivity contribution in [3.05, 3.63) is 71.8 Å². The van der Waals surface area contributed by atoms with Gasteiger partial charge in [0.2, 0.25) is 0 Å². The van der Waals surface area contributed by atoms with Crippen LogP contribution in [0.5, 0.6) is 11.5 Å². The fourth-order valence-electron chi connectivity index (χ4n) is 2.67. The largest absolute Gasteiger partial charge is 0.497 e. The summed E-state index contributed by atoms with van der Waals surface area (Å²) >= 11 is 0. The molecule has 0 aliphatic heterocycles. The molecule has 2 N–H and O–H groups in total. The monoisotopic (exact) mass is 410 g/mol. The van der Waals surface area contributed by atoms with Crippen LogP contribution in [0.25, 0.3) is 10.8 Å². The number of carboxylic acid groups (broad SMARTS) is 2. The van der Waals surface area contributed by atoms with E-state index in [2.05, 4.69) is 4.74 Å². The third-order valence-electron chi connectivity index (χ3n) is 4.31. The van der Waals surface area contributed by atoms with Crippen molar-refractivity contribution in [3.63, 3.8) is 0 Å². The van der Waals surface area contributed by atoms with Gasteiger partial charge in [-0.1, -0.05) is 36.4 Å². The third kappa shape index (κ3) is 5.81. The summed E-state index contributed by atoms with van der Waals surface area (Å²) in [6.07, 6.45) is 0. The lowest BCUT2D eigenvalue weighted by Crippen LogP contribution is -2.06. The Morgan fingerprint density at radius 1 is 0.900 bits per heavy atom. The minimum absolute atomic E-state index is 0.0160. The summed E-state index contributed by atoms with van der Waals surface area (Å²) in [6, 6.07) is 17.4. The number of hydrogen-bond donors (Lipinski definition) is 2. The van der Waals surface area contributed by atoms with Crippen molar-refractivity contribution in [1.29, 1.82) is 0 Å². The molecule has 3 aromatic rings. The SMILES string of the molecule is CC(=O)Oc1ccccc1C(=O)O.COc1ccc2cc([C@H](C)C(=O)O)ccc2c1. The normalized spacial score (nSPS) is 11.0. The summed E-state index contributed by atoms with van der Waals surface area (Å²) in [7, 11) is 1.63. The minimum atomic E-state index is -1.11. The van der Waals surface area contributed by atoms with Crippen molar-refractivity contribution >= 4 is 28.7 Å². The van der Waals surface area contributed by atoms with Crippen molar-refractivity contribution in [3.8, 4) is 11.5 Å². The first-order valence-electron chi connectivity index (χ1n) is 9.04. The predicted molar refractivity (Wildman–Crippen MR) is 111 cm³/mol. The van der Waals surface area contributed by atoms with Crippen LogP contribution in [0.3, 0.4) is 0 Å². The number of aliphatic carboxylic acids is 1. The van der Waals surface area contributed by atoms with Crippen molar-refractivity contribution in [2.45, 2.75) is 19.8 Å². The van der Waals surface area contributed by atoms with Gasteiger partial charge in [0.15, 0.2) is 0 Å². The summed E-state index contributed by atoms with van der Waals surface area (Å²) in [6.45, 7) is 2.91. The second-order valence-electron chi connectivity index (χ2n) is 6.43. The van der Waals surface area contributed by atoms with E-state index in [9.17, 15) is 14.4 Å². The lowest BCUT2D eigenvalue weighted by atomic mass is 9.98. The van der Waals surface area contributed by atoms with Gasteiger partial charge in [0.25, 0.3) is 0 Å². The van der Waals surface area contributed by atoms with Gasteiger partial charge in [-0.2, -0.15) is 0 Å². The van der Waals surface area contributed by atoms with E-state index in [-0.39, 0.29) is 11.3 Å². The van der Waals surface area contributed by atoms with Crippen LogP contribution >= 0.6 is 0 Å². The highest BCUT2D eigenvalue weighted by molar-refractivity contribution is 5.91. The number of hydrogen-bond acceptors (Lipinski definition) is 5. The highest BCUT2D eigenvalue weighted by atomic mass is 16.5. The van der Waals surface area contributed by atoms with Crippen LogP contribution in [0.15, 0.2) is 60.7 Å². The molecule has 1 atom stereocenters. The van der Waals surface area contributed by atoms with Gasteiger partial charge in [-0.15, -0.1) is 0 Å². The van der Waals surface area contributed by atoms with Crippen LogP contribution in [0, 0.1) is 0 Å². The molecule has 7 nitrogen and oxygen atoms in total. The summed E-state index contributed by atoms with van der Waals surface area (Å²) in [5, 5.41) is 19.7. The van der Waals surface area contributed by atoms with Gasteiger partial charge in [-0.25, -0.2) is 4.79 Å². The number of carbonyl (C=O) groups is 3. The van der Waals surface area contributed by atoms with Gasteiger partial charge >= 0.3 is 17.9 Å². The maximum atomic E-state index is 10.9. The molecule has 0 fully saturated rings. The zero-order valence-electron chi connectivity index (χ0n) is 16.8. The summed E-state index contributed by atoms with van der Waals surface area (Å²) in [5.41, 5.74) is 0.799. The van der Waals surface area contributed by atoms with E-state index in [1.807, 2.05) is 36.4 Å². The molecule has 0 unspecified atom stereocenters. The van der Waals surface area contributed by atoms with Gasteiger partial charge < -0.3 is 19.7 Å². The third-order valence-corrected chi connectivity index (χ3v) is 4.31. The van der Waals surface area contributed by atoms with Gasteiger partial charge in [-0.3, -0.25) is 9.59 Å². The first-order chi connectivity index (χ1) is 14.2. The molecule has 0 heterocycles. The van der Waals surface area contributed by atoms with E-state index >= 15 is 0 Å². The molecule has 0 aromatic heterocycles. The zero-order chi connectivity index (χ0) is 22.3. The average Bonchev–Trinajstić information content (AvgIpc) is 2.72. The van der Waals surface area contributed by atoms with Crippen LogP contribution < -0.4 is 9.47 Å². The van der Waals surface area contributed by atoms with Crippen LogP contribution in [0.2, 0.25) is 0 Å². The standard InChI is InChI=1S/C14H14O3.C9H8O4/c1-9(14(15)16)10-3-4-12-8-13(17-2)6-5-11(12)7-10;1-6(10)13-8-5-3-2-4-7(8)9(11)12/h3-9H,1-2H3,(H,15,16);2-5H,1H3,(H,11,12)/t9-;/m0./s1.